The summed E-state index contributed by atoms with van der Waals surface area (Å²) in [6, 6.07) is 14.2. The Kier molecular flexibility index (Phi) is 5.48. The van der Waals surface area contributed by atoms with Gasteiger partial charge in [0.05, 0.1) is 12.7 Å². The predicted octanol–water partition coefficient (Wildman–Crippen LogP) is 4.79. The van der Waals surface area contributed by atoms with E-state index in [0.29, 0.717) is 5.56 Å². The van der Waals surface area contributed by atoms with E-state index in [0.717, 1.165) is 14.9 Å². The molecule has 0 heterocycles. The second-order valence-electron chi connectivity index (χ2n) is 4.24. The fraction of sp³-hybridized carbons (Fsp3) is 0.188. The molecule has 0 unspecified atom stereocenters. The Labute approximate surface area is 137 Å². The number of methoxy groups -OCH3 is 1. The summed E-state index contributed by atoms with van der Waals surface area (Å²) in [4.78, 5) is 13.8. The van der Waals surface area contributed by atoms with Crippen LogP contribution in [0.25, 0.3) is 0 Å². The van der Waals surface area contributed by atoms with E-state index in [1.807, 2.05) is 12.1 Å². The first-order valence-electron chi connectivity index (χ1n) is 6.28. The van der Waals surface area contributed by atoms with E-state index in [4.69, 9.17) is 4.74 Å². The molecule has 0 saturated carbocycles. The molecular formula is C16H15IO2S. The van der Waals surface area contributed by atoms with E-state index < -0.39 is 0 Å². The van der Waals surface area contributed by atoms with Crippen molar-refractivity contribution < 1.29 is 9.53 Å². The van der Waals surface area contributed by atoms with Crippen LogP contribution in [0.1, 0.15) is 22.8 Å². The van der Waals surface area contributed by atoms with Crippen molar-refractivity contribution in [3.05, 3.63) is 57.2 Å². The molecule has 2 nitrogen and oxygen atoms in total. The molecule has 0 radical (unpaired) electrons. The Bertz CT molecular complexity index is 608. The van der Waals surface area contributed by atoms with E-state index in [1.165, 1.54) is 17.6 Å². The first-order valence-corrected chi connectivity index (χ1v) is 8.18. The Balaban J connectivity index is 2.18. The minimum Gasteiger partial charge on any atom is -0.465 e. The molecule has 0 saturated heterocycles. The number of aryl methyl sites for hydroxylation is 1. The highest BCUT2D eigenvalue weighted by Crippen LogP contribution is 2.32. The lowest BCUT2D eigenvalue weighted by molar-refractivity contribution is 0.0600. The maximum absolute atomic E-state index is 11.5. The molecular weight excluding hydrogens is 383 g/mol. The van der Waals surface area contributed by atoms with Gasteiger partial charge in [-0.15, -0.1) is 0 Å². The number of benzene rings is 2. The second kappa shape index (κ2) is 7.13. The lowest BCUT2D eigenvalue weighted by Gasteiger charge is -2.07. The Morgan fingerprint density at radius 3 is 2.45 bits per heavy atom. The fourth-order valence-corrected chi connectivity index (χ4v) is 3.41. The van der Waals surface area contributed by atoms with Gasteiger partial charge in [0.1, 0.15) is 0 Å². The molecule has 0 aliphatic rings. The van der Waals surface area contributed by atoms with Crippen LogP contribution in [0.2, 0.25) is 0 Å². The van der Waals surface area contributed by atoms with Crippen LogP contribution in [0.5, 0.6) is 0 Å². The molecule has 2 aromatic carbocycles. The number of halogens is 1. The minimum atomic E-state index is -0.299. The van der Waals surface area contributed by atoms with Gasteiger partial charge < -0.3 is 4.74 Å². The highest BCUT2D eigenvalue weighted by molar-refractivity contribution is 14.1. The predicted molar refractivity (Wildman–Crippen MR) is 90.4 cm³/mol. The number of rotatable bonds is 4. The number of carbonyl (C=O) groups excluding carboxylic acids is 1. The van der Waals surface area contributed by atoms with Crippen molar-refractivity contribution >= 4 is 40.3 Å². The van der Waals surface area contributed by atoms with Gasteiger partial charge in [-0.05, 0) is 64.9 Å². The topological polar surface area (TPSA) is 26.3 Å². The van der Waals surface area contributed by atoms with Crippen LogP contribution in [0.15, 0.2) is 52.3 Å². The summed E-state index contributed by atoms with van der Waals surface area (Å²) in [7, 11) is 1.40. The first kappa shape index (κ1) is 15.4. The minimum absolute atomic E-state index is 0.299. The largest absolute Gasteiger partial charge is 0.465 e. The number of carbonyl (C=O) groups is 1. The van der Waals surface area contributed by atoms with Crippen LogP contribution >= 0.6 is 34.4 Å². The third-order valence-electron chi connectivity index (χ3n) is 2.91. The van der Waals surface area contributed by atoms with Gasteiger partial charge >= 0.3 is 5.97 Å². The van der Waals surface area contributed by atoms with Crippen LogP contribution in [-0.2, 0) is 11.2 Å². The van der Waals surface area contributed by atoms with E-state index in [1.54, 1.807) is 17.8 Å². The lowest BCUT2D eigenvalue weighted by Crippen LogP contribution is -2.01. The third kappa shape index (κ3) is 3.76. The van der Waals surface area contributed by atoms with Crippen molar-refractivity contribution in [2.45, 2.75) is 23.1 Å². The van der Waals surface area contributed by atoms with Crippen molar-refractivity contribution in [3.63, 3.8) is 0 Å². The normalized spacial score (nSPS) is 10.3. The maximum atomic E-state index is 11.5. The molecule has 20 heavy (non-hydrogen) atoms. The molecule has 0 atom stereocenters. The summed E-state index contributed by atoms with van der Waals surface area (Å²) in [6.07, 6.45) is 1.05. The Morgan fingerprint density at radius 2 is 1.90 bits per heavy atom. The highest BCUT2D eigenvalue weighted by atomic mass is 127. The highest BCUT2D eigenvalue weighted by Gasteiger charge is 2.09. The zero-order valence-corrected chi connectivity index (χ0v) is 14.3. The molecule has 2 aromatic rings. The van der Waals surface area contributed by atoms with Gasteiger partial charge in [0.25, 0.3) is 0 Å². The smallest absolute Gasteiger partial charge is 0.337 e. The number of esters is 1. The summed E-state index contributed by atoms with van der Waals surface area (Å²) in [5, 5.41) is 0. The molecule has 4 heteroatoms. The van der Waals surface area contributed by atoms with E-state index in [-0.39, 0.29) is 5.97 Å². The van der Waals surface area contributed by atoms with Gasteiger partial charge in [-0.3, -0.25) is 0 Å². The standard InChI is InChI=1S/C16H15IO2S/c1-3-11-4-7-13(8-5-11)20-15-9-6-12(10-14(15)17)16(18)19-2/h4-10H,3H2,1-2H3. The molecule has 0 fully saturated rings. The van der Waals surface area contributed by atoms with Crippen LogP contribution in [-0.4, -0.2) is 13.1 Å². The van der Waals surface area contributed by atoms with Gasteiger partial charge in [0, 0.05) is 13.4 Å². The zero-order chi connectivity index (χ0) is 14.5. The van der Waals surface area contributed by atoms with Gasteiger partial charge in [0.15, 0.2) is 0 Å². The summed E-state index contributed by atoms with van der Waals surface area (Å²) >= 11 is 3.95. The summed E-state index contributed by atoms with van der Waals surface area (Å²) in [5.41, 5.74) is 1.92. The van der Waals surface area contributed by atoms with Crippen LogP contribution in [0, 0.1) is 3.57 Å². The summed E-state index contributed by atoms with van der Waals surface area (Å²) in [5.74, 6) is -0.299. The van der Waals surface area contributed by atoms with Crippen molar-refractivity contribution in [2.24, 2.45) is 0 Å². The zero-order valence-electron chi connectivity index (χ0n) is 11.4. The fourth-order valence-electron chi connectivity index (χ4n) is 1.75. The average molecular weight is 398 g/mol. The molecule has 0 aromatic heterocycles. The quantitative estimate of drug-likeness (QED) is 0.547. The van der Waals surface area contributed by atoms with Gasteiger partial charge in [-0.2, -0.15) is 0 Å². The van der Waals surface area contributed by atoms with Crippen LogP contribution < -0.4 is 0 Å². The molecule has 2 rings (SSSR count). The second-order valence-corrected chi connectivity index (χ2v) is 6.51. The van der Waals surface area contributed by atoms with Crippen molar-refractivity contribution in [3.8, 4) is 0 Å². The number of hydrogen-bond acceptors (Lipinski definition) is 3. The Morgan fingerprint density at radius 1 is 1.20 bits per heavy atom. The SMILES string of the molecule is CCc1ccc(Sc2ccc(C(=O)OC)cc2I)cc1. The molecule has 0 aliphatic heterocycles. The van der Waals surface area contributed by atoms with Crippen LogP contribution in [0.4, 0.5) is 0 Å². The molecule has 104 valence electrons. The van der Waals surface area contributed by atoms with Gasteiger partial charge in [0.2, 0.25) is 0 Å². The molecule has 0 aliphatic carbocycles. The van der Waals surface area contributed by atoms with Crippen LogP contribution in [0.3, 0.4) is 0 Å². The molecule has 0 amide bonds. The number of ether oxygens (including phenoxy) is 1. The lowest BCUT2D eigenvalue weighted by atomic mass is 10.2. The van der Waals surface area contributed by atoms with Gasteiger partial charge in [-0.1, -0.05) is 30.8 Å². The molecule has 0 N–H and O–H groups in total. The van der Waals surface area contributed by atoms with E-state index in [2.05, 4.69) is 53.8 Å². The maximum Gasteiger partial charge on any atom is 0.337 e. The average Bonchev–Trinajstić information content (AvgIpc) is 2.49. The number of hydrogen-bond donors (Lipinski definition) is 0. The van der Waals surface area contributed by atoms with Crippen molar-refractivity contribution in [1.82, 2.24) is 0 Å². The summed E-state index contributed by atoms with van der Waals surface area (Å²) in [6.45, 7) is 2.15. The van der Waals surface area contributed by atoms with E-state index >= 15 is 0 Å². The Hall–Kier alpha value is -1.01. The van der Waals surface area contributed by atoms with E-state index in [9.17, 15) is 4.79 Å². The molecule has 0 bridgehead atoms. The summed E-state index contributed by atoms with van der Waals surface area (Å²) < 4.78 is 5.78. The third-order valence-corrected chi connectivity index (χ3v) is 5.25. The van der Waals surface area contributed by atoms with Crippen molar-refractivity contribution in [2.75, 3.05) is 7.11 Å². The molecule has 0 spiro atoms. The monoisotopic (exact) mass is 398 g/mol. The van der Waals surface area contributed by atoms with Crippen molar-refractivity contribution in [1.29, 1.82) is 0 Å². The van der Waals surface area contributed by atoms with Gasteiger partial charge in [-0.25, -0.2) is 4.79 Å². The first-order chi connectivity index (χ1) is 9.63.